The fourth-order valence-electron chi connectivity index (χ4n) is 2.97. The highest BCUT2D eigenvalue weighted by Gasteiger charge is 2.35. The zero-order chi connectivity index (χ0) is 18.8. The SMILES string of the molecule is CC1(Sc2cccc(OC(F)(F)F)c2)CCOC(c2ccc(Cl)cc2)C1. The molecule has 0 spiro atoms. The lowest BCUT2D eigenvalue weighted by atomic mass is 9.92. The van der Waals surface area contributed by atoms with E-state index in [1.54, 1.807) is 23.9 Å². The fraction of sp³-hybridized carbons (Fsp3) is 0.368. The molecular weight excluding hydrogens is 385 g/mol. The van der Waals surface area contributed by atoms with Gasteiger partial charge in [-0.2, -0.15) is 0 Å². The molecule has 2 unspecified atom stereocenters. The van der Waals surface area contributed by atoms with E-state index < -0.39 is 6.36 Å². The second kappa shape index (κ2) is 7.71. The van der Waals surface area contributed by atoms with E-state index in [0.717, 1.165) is 23.3 Å². The zero-order valence-corrected chi connectivity index (χ0v) is 15.6. The molecule has 2 aromatic carbocycles. The normalized spacial score (nSPS) is 23.7. The van der Waals surface area contributed by atoms with Gasteiger partial charge in [0.2, 0.25) is 0 Å². The van der Waals surface area contributed by atoms with Crippen LogP contribution < -0.4 is 4.74 Å². The summed E-state index contributed by atoms with van der Waals surface area (Å²) < 4.78 is 47.0. The Hall–Kier alpha value is -1.37. The summed E-state index contributed by atoms with van der Waals surface area (Å²) in [5.74, 6) is -0.201. The van der Waals surface area contributed by atoms with Crippen molar-refractivity contribution in [2.24, 2.45) is 0 Å². The highest BCUT2D eigenvalue weighted by atomic mass is 35.5. The molecule has 2 nitrogen and oxygen atoms in total. The van der Waals surface area contributed by atoms with Crippen LogP contribution in [-0.2, 0) is 4.74 Å². The molecule has 0 radical (unpaired) electrons. The summed E-state index contributed by atoms with van der Waals surface area (Å²) in [6, 6.07) is 13.7. The van der Waals surface area contributed by atoms with Gasteiger partial charge < -0.3 is 9.47 Å². The summed E-state index contributed by atoms with van der Waals surface area (Å²) in [5.41, 5.74) is 1.05. The number of hydrogen-bond acceptors (Lipinski definition) is 3. The van der Waals surface area contributed by atoms with Crippen molar-refractivity contribution in [3.8, 4) is 5.75 Å². The largest absolute Gasteiger partial charge is 0.573 e. The van der Waals surface area contributed by atoms with Gasteiger partial charge in [-0.15, -0.1) is 24.9 Å². The van der Waals surface area contributed by atoms with Crippen molar-refractivity contribution in [1.82, 2.24) is 0 Å². The van der Waals surface area contributed by atoms with Crippen LogP contribution in [0.15, 0.2) is 53.4 Å². The minimum absolute atomic E-state index is 0.0619. The second-order valence-corrected chi connectivity index (χ2v) is 8.54. The van der Waals surface area contributed by atoms with Crippen LogP contribution in [-0.4, -0.2) is 17.7 Å². The number of benzene rings is 2. The number of rotatable bonds is 4. The molecule has 7 heteroatoms. The summed E-state index contributed by atoms with van der Waals surface area (Å²) in [4.78, 5) is 0.742. The third-order valence-electron chi connectivity index (χ3n) is 4.21. The van der Waals surface area contributed by atoms with Crippen molar-refractivity contribution in [3.05, 3.63) is 59.1 Å². The highest BCUT2D eigenvalue weighted by molar-refractivity contribution is 8.00. The second-order valence-electron chi connectivity index (χ2n) is 6.44. The Kier molecular flexibility index (Phi) is 5.75. The number of thioether (sulfide) groups is 1. The Balaban J connectivity index is 1.72. The third kappa shape index (κ3) is 5.32. The monoisotopic (exact) mass is 402 g/mol. The summed E-state index contributed by atoms with van der Waals surface area (Å²) in [5, 5.41) is 0.670. The van der Waals surface area contributed by atoms with E-state index in [-0.39, 0.29) is 16.6 Å². The van der Waals surface area contributed by atoms with Crippen LogP contribution in [0.3, 0.4) is 0 Å². The van der Waals surface area contributed by atoms with Crippen LogP contribution in [0.4, 0.5) is 13.2 Å². The molecule has 0 saturated carbocycles. The molecule has 1 fully saturated rings. The fourth-order valence-corrected chi connectivity index (χ4v) is 4.41. The predicted molar refractivity (Wildman–Crippen MR) is 96.8 cm³/mol. The molecule has 140 valence electrons. The average molecular weight is 403 g/mol. The Morgan fingerprint density at radius 1 is 1.19 bits per heavy atom. The van der Waals surface area contributed by atoms with E-state index in [0.29, 0.717) is 11.6 Å². The molecule has 1 aliphatic rings. The first-order valence-electron chi connectivity index (χ1n) is 8.14. The van der Waals surface area contributed by atoms with Crippen molar-refractivity contribution in [1.29, 1.82) is 0 Å². The molecule has 0 aliphatic carbocycles. The quantitative estimate of drug-likeness (QED) is 0.571. The molecule has 26 heavy (non-hydrogen) atoms. The van der Waals surface area contributed by atoms with Gasteiger partial charge in [0.25, 0.3) is 0 Å². The van der Waals surface area contributed by atoms with Crippen molar-refractivity contribution >= 4 is 23.4 Å². The van der Waals surface area contributed by atoms with Crippen LogP contribution in [0.5, 0.6) is 5.75 Å². The molecule has 3 rings (SSSR count). The van der Waals surface area contributed by atoms with Crippen LogP contribution in [0, 0.1) is 0 Å². The van der Waals surface area contributed by atoms with E-state index in [1.165, 1.54) is 12.1 Å². The first-order chi connectivity index (χ1) is 12.2. The van der Waals surface area contributed by atoms with Gasteiger partial charge in [0.05, 0.1) is 6.10 Å². The minimum Gasteiger partial charge on any atom is -0.406 e. The molecule has 1 aliphatic heterocycles. The maximum atomic E-state index is 12.4. The maximum Gasteiger partial charge on any atom is 0.573 e. The lowest BCUT2D eigenvalue weighted by Crippen LogP contribution is -2.31. The van der Waals surface area contributed by atoms with E-state index in [2.05, 4.69) is 11.7 Å². The Labute approximate surface area is 159 Å². The third-order valence-corrected chi connectivity index (χ3v) is 5.82. The van der Waals surface area contributed by atoms with Crippen LogP contribution in [0.2, 0.25) is 5.02 Å². The molecule has 0 N–H and O–H groups in total. The predicted octanol–water partition coefficient (Wildman–Crippen LogP) is 6.64. The smallest absolute Gasteiger partial charge is 0.406 e. The first-order valence-corrected chi connectivity index (χ1v) is 9.34. The Bertz CT molecular complexity index is 751. The maximum absolute atomic E-state index is 12.4. The van der Waals surface area contributed by atoms with Gasteiger partial charge in [0.15, 0.2) is 0 Å². The summed E-state index contributed by atoms with van der Waals surface area (Å²) >= 11 is 7.49. The van der Waals surface area contributed by atoms with Gasteiger partial charge in [0, 0.05) is 21.3 Å². The van der Waals surface area contributed by atoms with E-state index >= 15 is 0 Å². The lowest BCUT2D eigenvalue weighted by Gasteiger charge is -2.38. The van der Waals surface area contributed by atoms with Gasteiger partial charge in [-0.3, -0.25) is 0 Å². The summed E-state index contributed by atoms with van der Waals surface area (Å²) in [6.07, 6.45) is -3.19. The topological polar surface area (TPSA) is 18.5 Å². The van der Waals surface area contributed by atoms with Crippen LogP contribution >= 0.6 is 23.4 Å². The van der Waals surface area contributed by atoms with Crippen molar-refractivity contribution < 1.29 is 22.6 Å². The highest BCUT2D eigenvalue weighted by Crippen LogP contribution is 2.46. The van der Waals surface area contributed by atoms with Crippen molar-refractivity contribution in [2.75, 3.05) is 6.61 Å². The molecular formula is C19H18ClF3O2S. The van der Waals surface area contributed by atoms with E-state index in [1.807, 2.05) is 24.3 Å². The molecule has 2 aromatic rings. The van der Waals surface area contributed by atoms with Gasteiger partial charge in [-0.1, -0.05) is 29.8 Å². The van der Waals surface area contributed by atoms with Crippen LogP contribution in [0.1, 0.15) is 31.4 Å². The molecule has 0 amide bonds. The Morgan fingerprint density at radius 2 is 1.92 bits per heavy atom. The van der Waals surface area contributed by atoms with Gasteiger partial charge >= 0.3 is 6.36 Å². The molecule has 2 atom stereocenters. The van der Waals surface area contributed by atoms with Crippen molar-refractivity contribution in [3.63, 3.8) is 0 Å². The number of ether oxygens (including phenoxy) is 2. The molecule has 0 bridgehead atoms. The molecule has 1 saturated heterocycles. The Morgan fingerprint density at radius 3 is 2.62 bits per heavy atom. The summed E-state index contributed by atoms with van der Waals surface area (Å²) in [7, 11) is 0. The number of hydrogen-bond donors (Lipinski definition) is 0. The lowest BCUT2D eigenvalue weighted by molar-refractivity contribution is -0.274. The van der Waals surface area contributed by atoms with Crippen molar-refractivity contribution in [2.45, 2.75) is 41.9 Å². The molecule has 0 aromatic heterocycles. The molecule has 1 heterocycles. The van der Waals surface area contributed by atoms with Crippen LogP contribution in [0.25, 0.3) is 0 Å². The minimum atomic E-state index is -4.69. The van der Waals surface area contributed by atoms with Gasteiger partial charge in [-0.25, -0.2) is 0 Å². The standard InChI is InChI=1S/C19H18ClF3O2S/c1-18(26-16-4-2-3-15(11-16)25-19(21,22)23)9-10-24-17(12-18)13-5-7-14(20)8-6-13/h2-8,11,17H,9-10,12H2,1H3. The van der Waals surface area contributed by atoms with E-state index in [4.69, 9.17) is 16.3 Å². The average Bonchev–Trinajstić information content (AvgIpc) is 2.54. The van der Waals surface area contributed by atoms with Gasteiger partial charge in [-0.05, 0) is 55.7 Å². The number of alkyl halides is 3. The first kappa shape index (κ1) is 19.4. The van der Waals surface area contributed by atoms with Gasteiger partial charge in [0.1, 0.15) is 5.75 Å². The summed E-state index contributed by atoms with van der Waals surface area (Å²) in [6.45, 7) is 2.70. The number of halogens is 4. The van der Waals surface area contributed by atoms with E-state index in [9.17, 15) is 13.2 Å². The zero-order valence-electron chi connectivity index (χ0n) is 14.1.